The third-order valence-corrected chi connectivity index (χ3v) is 8.70. The van der Waals surface area contributed by atoms with Crippen LogP contribution < -0.4 is 16.4 Å². The number of nitrogens with two attached hydrogens (primary N) is 1. The zero-order valence-electron chi connectivity index (χ0n) is 24.4. The van der Waals surface area contributed by atoms with Gasteiger partial charge in [-0.1, -0.05) is 6.07 Å². The lowest BCUT2D eigenvalue weighted by molar-refractivity contribution is -0.186. The van der Waals surface area contributed by atoms with E-state index in [2.05, 4.69) is 15.7 Å². The van der Waals surface area contributed by atoms with E-state index in [0.717, 1.165) is 31.7 Å². The first-order valence-corrected chi connectivity index (χ1v) is 14.9. The molecule has 5 rings (SSSR count). The average molecular weight is 621 g/mol. The molecule has 2 aliphatic carbocycles. The fourth-order valence-corrected chi connectivity index (χ4v) is 6.35. The van der Waals surface area contributed by atoms with E-state index in [1.54, 1.807) is 10.7 Å². The minimum Gasteiger partial charge on any atom is -0.368 e. The number of aromatic nitrogens is 2. The van der Waals surface area contributed by atoms with Gasteiger partial charge in [-0.3, -0.25) is 23.9 Å². The minimum atomic E-state index is -4.75. The molecule has 4 N–H and O–H groups in total. The van der Waals surface area contributed by atoms with Crippen LogP contribution in [0.3, 0.4) is 0 Å². The molecular weight excluding hydrogens is 584 g/mol. The third-order valence-electron chi connectivity index (χ3n) is 8.70. The fourth-order valence-electron chi connectivity index (χ4n) is 6.35. The summed E-state index contributed by atoms with van der Waals surface area (Å²) in [7, 11) is 0. The number of hydrogen-bond donors (Lipinski definition) is 3. The van der Waals surface area contributed by atoms with Crippen LogP contribution in [0.25, 0.3) is 0 Å². The van der Waals surface area contributed by atoms with Gasteiger partial charge >= 0.3 is 6.18 Å². The second-order valence-corrected chi connectivity index (χ2v) is 12.3. The van der Waals surface area contributed by atoms with E-state index >= 15 is 4.39 Å². The molecule has 2 heterocycles. The van der Waals surface area contributed by atoms with E-state index in [1.807, 2.05) is 13.8 Å². The number of nitrogens with one attached hydrogen (secondary N) is 2. The lowest BCUT2D eigenvalue weighted by Gasteiger charge is -2.30. The summed E-state index contributed by atoms with van der Waals surface area (Å²) in [6, 6.07) is 0.483. The molecule has 0 radical (unpaired) electrons. The van der Waals surface area contributed by atoms with Gasteiger partial charge in [0.05, 0.1) is 12.1 Å². The average Bonchev–Trinajstić information content (AvgIpc) is 3.86. The quantitative estimate of drug-likeness (QED) is 0.329. The predicted octanol–water partition coefficient (Wildman–Crippen LogP) is 3.73. The largest absolute Gasteiger partial charge is 0.408 e. The molecule has 3 atom stereocenters. The second-order valence-electron chi connectivity index (χ2n) is 12.3. The van der Waals surface area contributed by atoms with Crippen molar-refractivity contribution in [3.8, 4) is 0 Å². The van der Waals surface area contributed by atoms with Crippen molar-refractivity contribution in [3.63, 3.8) is 0 Å². The highest BCUT2D eigenvalue weighted by atomic mass is 19.4. The van der Waals surface area contributed by atoms with Gasteiger partial charge in [-0.25, -0.2) is 4.39 Å². The number of anilines is 1. The molecule has 1 aliphatic heterocycles. The van der Waals surface area contributed by atoms with E-state index in [-0.39, 0.29) is 41.5 Å². The number of benzene rings is 1. The molecule has 14 heteroatoms. The van der Waals surface area contributed by atoms with Gasteiger partial charge in [-0.05, 0) is 93.9 Å². The van der Waals surface area contributed by atoms with Gasteiger partial charge in [-0.2, -0.15) is 18.3 Å². The lowest BCUT2D eigenvalue weighted by atomic mass is 9.88. The maximum Gasteiger partial charge on any atom is 0.408 e. The highest BCUT2D eigenvalue weighted by molar-refractivity contribution is 6.01. The summed E-state index contributed by atoms with van der Waals surface area (Å²) < 4.78 is 57.5. The van der Waals surface area contributed by atoms with Crippen LogP contribution in [0.2, 0.25) is 0 Å². The number of likely N-dealkylation sites (tertiary alicyclic amines) is 1. The predicted molar refractivity (Wildman–Crippen MR) is 150 cm³/mol. The smallest absolute Gasteiger partial charge is 0.368 e. The Morgan fingerprint density at radius 2 is 1.68 bits per heavy atom. The Hall–Kier alpha value is -3.97. The Bertz CT molecular complexity index is 1420. The Kier molecular flexibility index (Phi) is 8.72. The second kappa shape index (κ2) is 12.2. The first kappa shape index (κ1) is 31.5. The van der Waals surface area contributed by atoms with Gasteiger partial charge in [0.2, 0.25) is 17.7 Å². The molecule has 238 valence electrons. The van der Waals surface area contributed by atoms with Crippen LogP contribution in [-0.4, -0.2) is 62.6 Å². The number of halogens is 4. The van der Waals surface area contributed by atoms with Crippen molar-refractivity contribution < 1.29 is 36.7 Å². The molecule has 3 fully saturated rings. The Labute approximate surface area is 251 Å². The molecule has 3 unspecified atom stereocenters. The van der Waals surface area contributed by atoms with E-state index in [4.69, 9.17) is 5.73 Å². The molecule has 4 amide bonds. The number of nitrogens with zero attached hydrogens (tertiary/aromatic N) is 3. The number of rotatable bonds is 11. The highest BCUT2D eigenvalue weighted by Gasteiger charge is 2.53. The maximum absolute atomic E-state index is 15.3. The van der Waals surface area contributed by atoms with Crippen LogP contribution in [0.1, 0.15) is 74.5 Å². The van der Waals surface area contributed by atoms with Crippen LogP contribution in [0.5, 0.6) is 0 Å². The van der Waals surface area contributed by atoms with Crippen molar-refractivity contribution in [2.45, 2.75) is 89.1 Å². The Morgan fingerprint density at radius 1 is 1.02 bits per heavy atom. The van der Waals surface area contributed by atoms with Gasteiger partial charge < -0.3 is 21.3 Å². The summed E-state index contributed by atoms with van der Waals surface area (Å²) in [5.74, 6) is -3.59. The zero-order chi connectivity index (χ0) is 31.9. The van der Waals surface area contributed by atoms with Gasteiger partial charge in [0.25, 0.3) is 5.91 Å². The van der Waals surface area contributed by atoms with Crippen LogP contribution in [0.4, 0.5) is 23.2 Å². The topological polar surface area (TPSA) is 139 Å². The van der Waals surface area contributed by atoms with Gasteiger partial charge in [-0.15, -0.1) is 0 Å². The summed E-state index contributed by atoms with van der Waals surface area (Å²) in [5, 5.41) is 9.64. The number of amides is 4. The molecule has 0 bridgehead atoms. The van der Waals surface area contributed by atoms with Crippen LogP contribution >= 0.6 is 0 Å². The van der Waals surface area contributed by atoms with Crippen molar-refractivity contribution in [1.29, 1.82) is 0 Å². The number of carbonyl (C=O) groups is 4. The Morgan fingerprint density at radius 3 is 2.23 bits per heavy atom. The molecule has 1 aromatic carbocycles. The number of alkyl halides is 3. The molecular formula is C30H36F4N6O4. The minimum absolute atomic E-state index is 0.0576. The van der Waals surface area contributed by atoms with E-state index in [0.29, 0.717) is 10.6 Å². The summed E-state index contributed by atoms with van der Waals surface area (Å²) >= 11 is 0. The van der Waals surface area contributed by atoms with Crippen molar-refractivity contribution in [2.24, 2.45) is 23.5 Å². The van der Waals surface area contributed by atoms with Crippen molar-refractivity contribution in [2.75, 3.05) is 5.32 Å². The van der Waals surface area contributed by atoms with Crippen LogP contribution in [0.15, 0.2) is 30.5 Å². The molecule has 0 spiro atoms. The molecule has 2 aromatic rings. The fraction of sp³-hybridized carbons (Fsp3) is 0.567. The van der Waals surface area contributed by atoms with Crippen LogP contribution in [0, 0.1) is 23.6 Å². The summed E-state index contributed by atoms with van der Waals surface area (Å²) in [6.45, 7) is 3.75. The standard InChI is InChI=1S/C30H36F4N6O4/c1-15(2)40-22(11-12-36-40)28(43)38-26(25(17-4-5-17)18-6-7-18)29(44)37-20-8-3-16(13-19(20)31)14-24(41)39-21(27(35)42)9-10-23(39)30(32,33)34/h3,8,11-13,15,17-18,21,23,25-26H,4-7,9-10,14H2,1-2H3,(H2,35,42)(H,37,44)(H,38,43). The molecule has 2 saturated carbocycles. The SMILES string of the molecule is CC(C)n1nccc1C(=O)NC(C(=O)Nc1ccc(CC(=O)N2C(C(N)=O)CCC2C(F)(F)F)cc1F)C(C1CC1)C1CC1. The molecule has 3 aliphatic rings. The first-order valence-electron chi connectivity index (χ1n) is 14.9. The first-order chi connectivity index (χ1) is 20.8. The molecule has 1 aromatic heterocycles. The van der Waals surface area contributed by atoms with Gasteiger partial charge in [0.15, 0.2) is 0 Å². The highest BCUT2D eigenvalue weighted by Crippen LogP contribution is 2.51. The summed E-state index contributed by atoms with van der Waals surface area (Å²) in [4.78, 5) is 52.0. The van der Waals surface area contributed by atoms with E-state index in [1.165, 1.54) is 18.3 Å². The number of carbonyl (C=O) groups excluding carboxylic acids is 4. The normalized spacial score (nSPS) is 21.0. The number of hydrogen-bond acceptors (Lipinski definition) is 5. The Balaban J connectivity index is 1.32. The molecule has 10 nitrogen and oxygen atoms in total. The monoisotopic (exact) mass is 620 g/mol. The van der Waals surface area contributed by atoms with Crippen molar-refractivity contribution in [3.05, 3.63) is 47.5 Å². The van der Waals surface area contributed by atoms with Gasteiger partial charge in [0.1, 0.15) is 29.6 Å². The molecule has 44 heavy (non-hydrogen) atoms. The van der Waals surface area contributed by atoms with Crippen molar-refractivity contribution >= 4 is 29.3 Å². The van der Waals surface area contributed by atoms with E-state index < -0.39 is 66.6 Å². The summed E-state index contributed by atoms with van der Waals surface area (Å²) in [6.07, 6.45) is -0.780. The van der Waals surface area contributed by atoms with E-state index in [9.17, 15) is 32.3 Å². The third kappa shape index (κ3) is 6.73. The maximum atomic E-state index is 15.3. The van der Waals surface area contributed by atoms with Gasteiger partial charge in [0, 0.05) is 12.2 Å². The number of primary amides is 1. The summed E-state index contributed by atoms with van der Waals surface area (Å²) in [5.41, 5.74) is 5.41. The van der Waals surface area contributed by atoms with Crippen molar-refractivity contribution in [1.82, 2.24) is 20.0 Å². The lowest BCUT2D eigenvalue weighted by Crippen LogP contribution is -2.52. The van der Waals surface area contributed by atoms with Crippen LogP contribution in [-0.2, 0) is 20.8 Å². The molecule has 1 saturated heterocycles. The zero-order valence-corrected chi connectivity index (χ0v) is 24.4.